The van der Waals surface area contributed by atoms with Crippen molar-refractivity contribution in [1.29, 1.82) is 0 Å². The monoisotopic (exact) mass is 448 g/mol. The average molecular weight is 449 g/mol. The van der Waals surface area contributed by atoms with Crippen LogP contribution in [0.15, 0.2) is 29.3 Å². The molecule has 2 aromatic rings. The van der Waals surface area contributed by atoms with Crippen molar-refractivity contribution in [3.05, 3.63) is 45.0 Å². The fourth-order valence-electron chi connectivity index (χ4n) is 4.66. The molecule has 31 heavy (non-hydrogen) atoms. The topological polar surface area (TPSA) is 132 Å². The van der Waals surface area contributed by atoms with Crippen molar-refractivity contribution in [3.8, 4) is 0 Å². The first-order valence-corrected chi connectivity index (χ1v) is 12.2. The van der Waals surface area contributed by atoms with Crippen LogP contribution in [0.3, 0.4) is 0 Å². The van der Waals surface area contributed by atoms with Gasteiger partial charge < -0.3 is 4.90 Å². The van der Waals surface area contributed by atoms with Gasteiger partial charge in [-0.2, -0.15) is 0 Å². The van der Waals surface area contributed by atoms with Gasteiger partial charge >= 0.3 is 0 Å². The summed E-state index contributed by atoms with van der Waals surface area (Å²) in [5.74, 6) is -0.257. The molecule has 11 heteroatoms. The van der Waals surface area contributed by atoms with Gasteiger partial charge in [0.05, 0.1) is 33.7 Å². The molecule has 166 valence electrons. The lowest BCUT2D eigenvalue weighted by atomic mass is 9.93. The summed E-state index contributed by atoms with van der Waals surface area (Å²) in [5.41, 5.74) is -0.441. The number of carbonyl (C=O) groups excluding carboxylic acids is 1. The second kappa shape index (κ2) is 8.37. The summed E-state index contributed by atoms with van der Waals surface area (Å²) in [6.07, 6.45) is 6.37. The third-order valence-corrected chi connectivity index (χ3v) is 7.93. The quantitative estimate of drug-likeness (QED) is 0.502. The molecule has 2 aliphatic rings. The Morgan fingerprint density at radius 1 is 1.19 bits per heavy atom. The lowest BCUT2D eigenvalue weighted by Crippen LogP contribution is -2.50. The van der Waals surface area contributed by atoms with E-state index in [1.165, 1.54) is 29.1 Å². The zero-order valence-electron chi connectivity index (χ0n) is 17.0. The SMILES string of the molecule is O=C(Cn1cnc2cc([N+](=O)[O-])ccc2c1=O)N(C1CCCCC1)C1CCS(=O)(=O)C1. The van der Waals surface area contributed by atoms with Gasteiger partial charge in [0, 0.05) is 24.2 Å². The van der Waals surface area contributed by atoms with Crippen molar-refractivity contribution in [2.75, 3.05) is 11.5 Å². The van der Waals surface area contributed by atoms with E-state index in [1.54, 1.807) is 4.90 Å². The molecule has 1 saturated heterocycles. The highest BCUT2D eigenvalue weighted by atomic mass is 32.2. The Hall–Kier alpha value is -2.82. The zero-order valence-corrected chi connectivity index (χ0v) is 17.8. The van der Waals surface area contributed by atoms with Crippen LogP contribution in [0.4, 0.5) is 5.69 Å². The van der Waals surface area contributed by atoms with Gasteiger partial charge in [-0.25, -0.2) is 13.4 Å². The van der Waals surface area contributed by atoms with Crippen molar-refractivity contribution in [2.24, 2.45) is 0 Å². The van der Waals surface area contributed by atoms with E-state index in [1.807, 2.05) is 0 Å². The van der Waals surface area contributed by atoms with Crippen LogP contribution >= 0.6 is 0 Å². The van der Waals surface area contributed by atoms with Gasteiger partial charge in [-0.15, -0.1) is 0 Å². The summed E-state index contributed by atoms with van der Waals surface area (Å²) in [6, 6.07) is 3.40. The standard InChI is InChI=1S/C20H24N4O6S/c25-19(23(14-4-2-1-3-5-14)16-8-9-31(29,30)12-16)11-22-13-21-18-10-15(24(27)28)6-7-17(18)20(22)26/h6-7,10,13-14,16H,1-5,8-9,11-12H2. The number of nitro benzene ring substituents is 1. The van der Waals surface area contributed by atoms with Crippen molar-refractivity contribution < 1.29 is 18.1 Å². The average Bonchev–Trinajstić information content (AvgIpc) is 3.10. The van der Waals surface area contributed by atoms with E-state index in [-0.39, 0.29) is 52.6 Å². The summed E-state index contributed by atoms with van der Waals surface area (Å²) in [5, 5.41) is 11.1. The number of benzene rings is 1. The highest BCUT2D eigenvalue weighted by molar-refractivity contribution is 7.91. The van der Waals surface area contributed by atoms with Crippen LogP contribution in [-0.2, 0) is 21.2 Å². The van der Waals surface area contributed by atoms with E-state index < -0.39 is 20.3 Å². The Bertz CT molecular complexity index is 1190. The summed E-state index contributed by atoms with van der Waals surface area (Å²) in [7, 11) is -3.16. The second-order valence-corrected chi connectivity index (χ2v) is 10.5. The molecule has 2 heterocycles. The Morgan fingerprint density at radius 3 is 2.58 bits per heavy atom. The van der Waals surface area contributed by atoms with Crippen LogP contribution in [0.1, 0.15) is 38.5 Å². The number of hydrogen-bond acceptors (Lipinski definition) is 7. The molecule has 0 N–H and O–H groups in total. The third-order valence-electron chi connectivity index (χ3n) is 6.18. The minimum Gasteiger partial charge on any atom is -0.334 e. The van der Waals surface area contributed by atoms with Gasteiger partial charge in [0.25, 0.3) is 11.2 Å². The third kappa shape index (κ3) is 4.46. The van der Waals surface area contributed by atoms with Gasteiger partial charge in [-0.3, -0.25) is 24.3 Å². The van der Waals surface area contributed by atoms with Crippen LogP contribution < -0.4 is 5.56 Å². The van der Waals surface area contributed by atoms with Gasteiger partial charge in [0.15, 0.2) is 9.84 Å². The van der Waals surface area contributed by atoms with Crippen LogP contribution in [0.5, 0.6) is 0 Å². The molecule has 1 aliphatic carbocycles. The predicted molar refractivity (Wildman–Crippen MR) is 113 cm³/mol. The van der Waals surface area contributed by atoms with E-state index >= 15 is 0 Å². The lowest BCUT2D eigenvalue weighted by Gasteiger charge is -2.38. The van der Waals surface area contributed by atoms with E-state index in [9.17, 15) is 28.1 Å². The predicted octanol–water partition coefficient (Wildman–Crippen LogP) is 1.65. The minimum absolute atomic E-state index is 0.0219. The number of hydrogen-bond donors (Lipinski definition) is 0. The summed E-state index contributed by atoms with van der Waals surface area (Å²) in [6.45, 7) is -0.244. The highest BCUT2D eigenvalue weighted by Gasteiger charge is 2.38. The number of sulfone groups is 1. The number of nitrogens with zero attached hydrogens (tertiary/aromatic N) is 4. The molecule has 1 aromatic carbocycles. The van der Waals surface area contributed by atoms with E-state index in [0.29, 0.717) is 6.42 Å². The fraction of sp³-hybridized carbons (Fsp3) is 0.550. The van der Waals surface area contributed by atoms with Crippen LogP contribution in [0.2, 0.25) is 0 Å². The Balaban J connectivity index is 1.62. The summed E-state index contributed by atoms with van der Waals surface area (Å²) < 4.78 is 25.3. The molecule has 0 bridgehead atoms. The maximum Gasteiger partial charge on any atom is 0.271 e. The molecule has 0 radical (unpaired) electrons. The molecule has 1 amide bonds. The number of fused-ring (bicyclic) bond motifs is 1. The number of amides is 1. The van der Waals surface area contributed by atoms with Crippen LogP contribution in [0, 0.1) is 10.1 Å². The molecule has 1 aromatic heterocycles. The Kier molecular flexibility index (Phi) is 5.78. The van der Waals surface area contributed by atoms with E-state index in [4.69, 9.17) is 0 Å². The molecular formula is C20H24N4O6S. The number of carbonyl (C=O) groups is 1. The number of non-ortho nitro benzene ring substituents is 1. The lowest BCUT2D eigenvalue weighted by molar-refractivity contribution is -0.384. The molecule has 0 spiro atoms. The van der Waals surface area contributed by atoms with Crippen molar-refractivity contribution in [3.63, 3.8) is 0 Å². The number of rotatable bonds is 5. The Morgan fingerprint density at radius 2 is 1.94 bits per heavy atom. The first kappa shape index (κ1) is 21.4. The largest absolute Gasteiger partial charge is 0.334 e. The fourth-order valence-corrected chi connectivity index (χ4v) is 6.37. The van der Waals surface area contributed by atoms with Crippen LogP contribution in [-0.4, -0.2) is 57.3 Å². The Labute approximate surface area is 178 Å². The molecule has 1 saturated carbocycles. The maximum absolute atomic E-state index is 13.3. The molecule has 1 atom stereocenters. The molecule has 1 unspecified atom stereocenters. The van der Waals surface area contributed by atoms with Gasteiger partial charge in [0.1, 0.15) is 6.54 Å². The smallest absolute Gasteiger partial charge is 0.271 e. The van der Waals surface area contributed by atoms with Crippen molar-refractivity contribution in [2.45, 2.75) is 57.2 Å². The molecule has 1 aliphatic heterocycles. The molecule has 4 rings (SSSR count). The summed E-state index contributed by atoms with van der Waals surface area (Å²) in [4.78, 5) is 42.4. The molecule has 2 fully saturated rings. The maximum atomic E-state index is 13.3. The minimum atomic E-state index is -3.16. The van der Waals surface area contributed by atoms with Crippen LogP contribution in [0.25, 0.3) is 10.9 Å². The highest BCUT2D eigenvalue weighted by Crippen LogP contribution is 2.28. The first-order chi connectivity index (χ1) is 14.7. The van der Waals surface area contributed by atoms with Gasteiger partial charge in [-0.05, 0) is 25.3 Å². The number of nitro groups is 1. The van der Waals surface area contributed by atoms with E-state index in [2.05, 4.69) is 4.98 Å². The van der Waals surface area contributed by atoms with Crippen molar-refractivity contribution >= 4 is 32.3 Å². The van der Waals surface area contributed by atoms with Gasteiger partial charge in [-0.1, -0.05) is 19.3 Å². The van der Waals surface area contributed by atoms with Crippen molar-refractivity contribution in [1.82, 2.24) is 14.5 Å². The second-order valence-electron chi connectivity index (χ2n) is 8.29. The number of aromatic nitrogens is 2. The van der Waals surface area contributed by atoms with E-state index in [0.717, 1.165) is 32.1 Å². The molecular weight excluding hydrogens is 424 g/mol. The normalized spacial score (nSPS) is 21.2. The zero-order chi connectivity index (χ0) is 22.2. The summed E-state index contributed by atoms with van der Waals surface area (Å²) >= 11 is 0. The first-order valence-electron chi connectivity index (χ1n) is 10.4. The van der Waals surface area contributed by atoms with Gasteiger partial charge in [0.2, 0.25) is 5.91 Å². The molecule has 10 nitrogen and oxygen atoms in total.